The Hall–Kier alpha value is -5.65. The number of carboxylic acids is 1. The Morgan fingerprint density at radius 2 is 1.54 bits per heavy atom. The Bertz CT molecular complexity index is 1670. The first kappa shape index (κ1) is 26.4. The van der Waals surface area contributed by atoms with E-state index in [0.717, 1.165) is 24.3 Å². The number of hydrogen-bond donors (Lipinski definition) is 6. The molecule has 0 aliphatic heterocycles. The van der Waals surface area contributed by atoms with E-state index in [9.17, 15) is 45.0 Å². The number of ether oxygens (including phenoxy) is 2. The molecule has 12 nitrogen and oxygen atoms in total. The van der Waals surface area contributed by atoms with Gasteiger partial charge in [0.1, 0.15) is 5.58 Å². The lowest BCUT2D eigenvalue weighted by molar-refractivity contribution is -0.160. The predicted octanol–water partition coefficient (Wildman–Crippen LogP) is 3.37. The van der Waals surface area contributed by atoms with Gasteiger partial charge in [0, 0.05) is 23.9 Å². The third kappa shape index (κ3) is 6.20. The van der Waals surface area contributed by atoms with Crippen LogP contribution in [0.25, 0.3) is 17.0 Å². The summed E-state index contributed by atoms with van der Waals surface area (Å²) >= 11 is 0. The molecule has 0 saturated heterocycles. The van der Waals surface area contributed by atoms with Gasteiger partial charge in [-0.15, -0.1) is 0 Å². The van der Waals surface area contributed by atoms with Crippen LogP contribution in [0.3, 0.4) is 0 Å². The molecule has 4 rings (SSSR count). The van der Waals surface area contributed by atoms with Crippen molar-refractivity contribution in [3.63, 3.8) is 0 Å². The molecule has 1 aromatic heterocycles. The summed E-state index contributed by atoms with van der Waals surface area (Å²) in [6.07, 6.45) is 0.352. The molecule has 0 amide bonds. The zero-order valence-corrected chi connectivity index (χ0v) is 19.8. The summed E-state index contributed by atoms with van der Waals surface area (Å²) in [5.41, 5.74) is -0.289. The fourth-order valence-corrected chi connectivity index (χ4v) is 3.47. The smallest absolute Gasteiger partial charge is 0.379 e. The fourth-order valence-electron chi connectivity index (χ4n) is 3.47. The van der Waals surface area contributed by atoms with E-state index < -0.39 is 46.7 Å². The topological polar surface area (TPSA) is 204 Å². The van der Waals surface area contributed by atoms with Crippen LogP contribution in [0.2, 0.25) is 0 Å². The highest BCUT2D eigenvalue weighted by Gasteiger charge is 2.22. The molecule has 1 unspecified atom stereocenters. The first-order valence-corrected chi connectivity index (χ1v) is 11.1. The predicted molar refractivity (Wildman–Crippen MR) is 134 cm³/mol. The third-order valence-corrected chi connectivity index (χ3v) is 5.41. The standard InChI is InChI=1S/C27H20O12/c28-16-4-1-14(8-17(16)29)9-23(26(34)35)38-25(33)6-3-13-2-5-21(20(32)7-13)37-24-11-15-10-18(30)19(31)12-22(15)39-27(24)36/h1-8,10-12,23,28-32H,9H2,(H,34,35)/b6-3+. The first-order chi connectivity index (χ1) is 18.5. The van der Waals surface area contributed by atoms with Crippen molar-refractivity contribution in [1.82, 2.24) is 0 Å². The number of phenols is 5. The van der Waals surface area contributed by atoms with Crippen molar-refractivity contribution in [3.05, 3.63) is 82.2 Å². The highest BCUT2D eigenvalue weighted by Crippen LogP contribution is 2.34. The zero-order chi connectivity index (χ0) is 28.3. The summed E-state index contributed by atoms with van der Waals surface area (Å²) in [7, 11) is 0. The molecule has 12 heteroatoms. The number of phenolic OH excluding ortho intramolecular Hbond substituents is 5. The fraction of sp³-hybridized carbons (Fsp3) is 0.0741. The lowest BCUT2D eigenvalue weighted by Gasteiger charge is -2.13. The molecule has 0 fully saturated rings. The average molecular weight is 536 g/mol. The zero-order valence-electron chi connectivity index (χ0n) is 19.8. The Morgan fingerprint density at radius 1 is 0.821 bits per heavy atom. The van der Waals surface area contributed by atoms with Gasteiger partial charge in [-0.1, -0.05) is 12.1 Å². The van der Waals surface area contributed by atoms with Crippen LogP contribution in [-0.2, 0) is 20.7 Å². The molecule has 0 bridgehead atoms. The first-order valence-electron chi connectivity index (χ1n) is 11.1. The molecule has 200 valence electrons. The summed E-state index contributed by atoms with van der Waals surface area (Å²) in [6.45, 7) is 0. The molecule has 4 aromatic rings. The maximum atomic E-state index is 12.2. The van der Waals surface area contributed by atoms with Gasteiger partial charge in [0.25, 0.3) is 0 Å². The number of aliphatic carboxylic acids is 1. The molecule has 0 aliphatic rings. The van der Waals surface area contributed by atoms with Crippen molar-refractivity contribution in [2.24, 2.45) is 0 Å². The molecule has 1 atom stereocenters. The Balaban J connectivity index is 1.44. The van der Waals surface area contributed by atoms with Gasteiger partial charge in [0.15, 0.2) is 34.5 Å². The Labute approximate surface area is 218 Å². The minimum absolute atomic E-state index is 0.00518. The van der Waals surface area contributed by atoms with E-state index in [0.29, 0.717) is 11.1 Å². The molecular weight excluding hydrogens is 516 g/mol. The molecule has 39 heavy (non-hydrogen) atoms. The van der Waals surface area contributed by atoms with Gasteiger partial charge < -0.3 is 44.5 Å². The molecule has 3 aromatic carbocycles. The van der Waals surface area contributed by atoms with Gasteiger partial charge in [-0.2, -0.15) is 0 Å². The number of esters is 1. The number of carboxylic acid groups (broad SMARTS) is 1. The lowest BCUT2D eigenvalue weighted by Crippen LogP contribution is -2.28. The van der Waals surface area contributed by atoms with Crippen LogP contribution < -0.4 is 10.4 Å². The van der Waals surface area contributed by atoms with Crippen molar-refractivity contribution in [2.45, 2.75) is 12.5 Å². The summed E-state index contributed by atoms with van der Waals surface area (Å²) < 4.78 is 15.5. The average Bonchev–Trinajstić information content (AvgIpc) is 2.87. The molecule has 1 heterocycles. The number of hydrogen-bond acceptors (Lipinski definition) is 11. The SMILES string of the molecule is O=C(/C=C/c1ccc(Oc2cc3cc(O)c(O)cc3oc2=O)c(O)c1)OC(Cc1ccc(O)c(O)c1)C(=O)O. The van der Waals surface area contributed by atoms with Gasteiger partial charge >= 0.3 is 17.6 Å². The van der Waals surface area contributed by atoms with Gasteiger partial charge in [0.2, 0.25) is 11.9 Å². The van der Waals surface area contributed by atoms with Crippen molar-refractivity contribution in [2.75, 3.05) is 0 Å². The summed E-state index contributed by atoms with van der Waals surface area (Å²) in [5.74, 6) is -5.00. The van der Waals surface area contributed by atoms with Crippen LogP contribution in [0, 0.1) is 0 Å². The number of aromatic hydroxyl groups is 5. The van der Waals surface area contributed by atoms with Crippen LogP contribution in [-0.4, -0.2) is 48.7 Å². The van der Waals surface area contributed by atoms with E-state index in [-0.39, 0.29) is 34.6 Å². The minimum Gasteiger partial charge on any atom is -0.504 e. The minimum atomic E-state index is -1.57. The third-order valence-electron chi connectivity index (χ3n) is 5.41. The molecule has 0 saturated carbocycles. The Kier molecular flexibility index (Phi) is 7.29. The van der Waals surface area contributed by atoms with Crippen molar-refractivity contribution < 1.29 is 54.1 Å². The van der Waals surface area contributed by atoms with E-state index in [1.807, 2.05) is 0 Å². The van der Waals surface area contributed by atoms with Crippen molar-refractivity contribution >= 4 is 29.0 Å². The molecular formula is C27H20O12. The second-order valence-electron chi connectivity index (χ2n) is 8.23. The van der Waals surface area contributed by atoms with Crippen LogP contribution in [0.1, 0.15) is 11.1 Å². The van der Waals surface area contributed by atoms with E-state index in [1.165, 1.54) is 42.5 Å². The van der Waals surface area contributed by atoms with Crippen LogP contribution in [0.4, 0.5) is 0 Å². The second kappa shape index (κ2) is 10.8. The number of rotatable bonds is 8. The van der Waals surface area contributed by atoms with Crippen LogP contribution in [0.15, 0.2) is 69.9 Å². The monoisotopic (exact) mass is 536 g/mol. The highest BCUT2D eigenvalue weighted by atomic mass is 16.6. The van der Waals surface area contributed by atoms with Gasteiger partial charge in [-0.05, 0) is 53.6 Å². The summed E-state index contributed by atoms with van der Waals surface area (Å²) in [5, 5.41) is 58.1. The van der Waals surface area contributed by atoms with Gasteiger partial charge in [-0.3, -0.25) is 0 Å². The number of carbonyl (C=O) groups excluding carboxylic acids is 1. The van der Waals surface area contributed by atoms with E-state index in [4.69, 9.17) is 13.9 Å². The normalized spacial score (nSPS) is 11.9. The largest absolute Gasteiger partial charge is 0.504 e. The van der Waals surface area contributed by atoms with E-state index >= 15 is 0 Å². The van der Waals surface area contributed by atoms with Crippen molar-refractivity contribution in [3.8, 4) is 40.2 Å². The molecule has 0 aliphatic carbocycles. The van der Waals surface area contributed by atoms with Crippen LogP contribution >= 0.6 is 0 Å². The van der Waals surface area contributed by atoms with Crippen LogP contribution in [0.5, 0.6) is 40.2 Å². The maximum absolute atomic E-state index is 12.2. The maximum Gasteiger partial charge on any atom is 0.379 e. The highest BCUT2D eigenvalue weighted by molar-refractivity contribution is 5.89. The Morgan fingerprint density at radius 3 is 2.23 bits per heavy atom. The van der Waals surface area contributed by atoms with Crippen molar-refractivity contribution in [1.29, 1.82) is 0 Å². The van der Waals surface area contributed by atoms with Gasteiger partial charge in [-0.25, -0.2) is 14.4 Å². The molecule has 0 spiro atoms. The number of fused-ring (bicyclic) bond motifs is 1. The lowest BCUT2D eigenvalue weighted by atomic mass is 10.1. The van der Waals surface area contributed by atoms with Gasteiger partial charge in [0.05, 0.1) is 0 Å². The summed E-state index contributed by atoms with van der Waals surface area (Å²) in [6, 6.07) is 11.1. The quantitative estimate of drug-likeness (QED) is 0.0830. The van der Waals surface area contributed by atoms with E-state index in [2.05, 4.69) is 0 Å². The second-order valence-corrected chi connectivity index (χ2v) is 8.23. The summed E-state index contributed by atoms with van der Waals surface area (Å²) in [4.78, 5) is 35.9. The number of carbonyl (C=O) groups is 2. The van der Waals surface area contributed by atoms with E-state index in [1.54, 1.807) is 0 Å². The molecule has 0 radical (unpaired) electrons. The number of benzene rings is 3. The molecule has 6 N–H and O–H groups in total.